The highest BCUT2D eigenvalue weighted by Gasteiger charge is 2.58. The van der Waals surface area contributed by atoms with Gasteiger partial charge in [-0.25, -0.2) is 0 Å². The fourth-order valence-electron chi connectivity index (χ4n) is 6.02. The molecule has 0 radical (unpaired) electrons. The number of hydrogen-bond acceptors (Lipinski definition) is 2. The number of carbonyl (C=O) groups excluding carboxylic acids is 2. The number of fused-ring (bicyclic) bond motifs is 5. The summed E-state index contributed by atoms with van der Waals surface area (Å²) in [5.74, 6) is -0.854. The standard InChI is InChI=1S/C21H28O2/c1-13(22)17-6-7-18-16-5-4-14-12-15(23)8-10-20(14,2)19(16)9-11-21(17,18)3/h4-5,12,16-19H,6-11H2,1-3H3/t16-,17+,18?,19+,20?,21+/m0/s1/i4D,5D,8D2,12D. The van der Waals surface area contributed by atoms with E-state index in [1.165, 1.54) is 0 Å². The first-order valence-electron chi connectivity index (χ1n) is 11.3. The van der Waals surface area contributed by atoms with Gasteiger partial charge >= 0.3 is 0 Å². The van der Waals surface area contributed by atoms with Crippen molar-refractivity contribution in [1.82, 2.24) is 0 Å². The number of hydrogen-bond donors (Lipinski definition) is 0. The van der Waals surface area contributed by atoms with Gasteiger partial charge in [-0.15, -0.1) is 0 Å². The van der Waals surface area contributed by atoms with E-state index in [2.05, 4.69) is 6.92 Å². The van der Waals surface area contributed by atoms with Crippen molar-refractivity contribution in [3.05, 3.63) is 23.7 Å². The fraction of sp³-hybridized carbons (Fsp3) is 0.714. The van der Waals surface area contributed by atoms with Crippen LogP contribution in [0.1, 0.15) is 66.1 Å². The lowest BCUT2D eigenvalue weighted by Crippen LogP contribution is -2.49. The van der Waals surface area contributed by atoms with Gasteiger partial charge < -0.3 is 0 Å². The van der Waals surface area contributed by atoms with Crippen molar-refractivity contribution in [3.63, 3.8) is 0 Å². The zero-order chi connectivity index (χ0) is 20.8. The van der Waals surface area contributed by atoms with E-state index in [1.54, 1.807) is 6.92 Å². The summed E-state index contributed by atoms with van der Waals surface area (Å²) >= 11 is 0. The van der Waals surface area contributed by atoms with E-state index in [0.717, 1.165) is 25.7 Å². The highest BCUT2D eigenvalue weighted by molar-refractivity contribution is 5.92. The van der Waals surface area contributed by atoms with Gasteiger partial charge in [0.1, 0.15) is 5.78 Å². The fourth-order valence-corrected chi connectivity index (χ4v) is 6.02. The molecule has 2 nitrogen and oxygen atoms in total. The normalized spacial score (nSPS) is 54.9. The Morgan fingerprint density at radius 3 is 2.78 bits per heavy atom. The molecule has 0 amide bonds. The third kappa shape index (κ3) is 1.99. The zero-order valence-corrected chi connectivity index (χ0v) is 14.2. The smallest absolute Gasteiger partial charge is 0.156 e. The van der Waals surface area contributed by atoms with Gasteiger partial charge in [0.05, 0.1) is 4.11 Å². The van der Waals surface area contributed by atoms with Gasteiger partial charge in [-0.3, -0.25) is 9.59 Å². The van der Waals surface area contributed by atoms with Crippen molar-refractivity contribution in [2.45, 2.75) is 59.2 Å². The summed E-state index contributed by atoms with van der Waals surface area (Å²) in [6.07, 6.45) is 1.06. The number of allylic oxidation sites excluding steroid dienone is 4. The third-order valence-electron chi connectivity index (χ3n) is 7.37. The van der Waals surface area contributed by atoms with Crippen molar-refractivity contribution >= 4 is 11.6 Å². The molecule has 2 saturated carbocycles. The van der Waals surface area contributed by atoms with Gasteiger partial charge in [-0.2, -0.15) is 0 Å². The lowest BCUT2D eigenvalue weighted by atomic mass is 9.48. The van der Waals surface area contributed by atoms with Crippen LogP contribution in [0.3, 0.4) is 0 Å². The van der Waals surface area contributed by atoms with Crippen molar-refractivity contribution in [1.29, 1.82) is 0 Å². The van der Waals surface area contributed by atoms with Crippen LogP contribution in [0.5, 0.6) is 0 Å². The molecular formula is C21H28O2. The molecule has 4 rings (SSSR count). The Morgan fingerprint density at radius 2 is 2.04 bits per heavy atom. The largest absolute Gasteiger partial charge is 0.300 e. The molecule has 0 aromatic heterocycles. The Kier molecular flexibility index (Phi) is 2.27. The molecule has 0 bridgehead atoms. The molecule has 0 N–H and O–H groups in total. The van der Waals surface area contributed by atoms with Crippen molar-refractivity contribution in [2.24, 2.45) is 34.5 Å². The van der Waals surface area contributed by atoms with Crippen molar-refractivity contribution < 1.29 is 16.4 Å². The lowest BCUT2D eigenvalue weighted by molar-refractivity contribution is -0.127. The molecule has 0 spiro atoms. The summed E-state index contributed by atoms with van der Waals surface area (Å²) in [6.45, 7) is 5.69. The van der Waals surface area contributed by atoms with Crippen molar-refractivity contribution in [2.75, 3.05) is 0 Å². The summed E-state index contributed by atoms with van der Waals surface area (Å²) in [4.78, 5) is 24.6. The molecule has 4 aliphatic rings. The second kappa shape index (κ2) is 4.91. The van der Waals surface area contributed by atoms with Gasteiger partial charge in [-0.05, 0) is 79.2 Å². The molecule has 2 heteroatoms. The van der Waals surface area contributed by atoms with Crippen LogP contribution in [-0.4, -0.2) is 11.6 Å². The highest BCUT2D eigenvalue weighted by Crippen LogP contribution is 2.65. The molecule has 124 valence electrons. The van der Waals surface area contributed by atoms with Crippen LogP contribution in [0.2, 0.25) is 0 Å². The molecule has 0 saturated heterocycles. The van der Waals surface area contributed by atoms with E-state index >= 15 is 0 Å². The van der Waals surface area contributed by atoms with Gasteiger partial charge in [0.2, 0.25) is 0 Å². The van der Waals surface area contributed by atoms with E-state index in [9.17, 15) is 9.59 Å². The monoisotopic (exact) mass is 317 g/mol. The highest BCUT2D eigenvalue weighted by atomic mass is 16.1. The summed E-state index contributed by atoms with van der Waals surface area (Å²) in [5.41, 5.74) is -0.718. The lowest BCUT2D eigenvalue weighted by Gasteiger charge is -2.55. The van der Waals surface area contributed by atoms with Gasteiger partial charge in [0.25, 0.3) is 0 Å². The average molecular weight is 317 g/mol. The number of carbonyl (C=O) groups is 2. The first-order valence-corrected chi connectivity index (χ1v) is 8.80. The summed E-state index contributed by atoms with van der Waals surface area (Å²) < 4.78 is 42.1. The minimum absolute atomic E-state index is 0.0173. The Morgan fingerprint density at radius 1 is 1.26 bits per heavy atom. The van der Waals surface area contributed by atoms with E-state index < -0.39 is 23.6 Å². The van der Waals surface area contributed by atoms with Gasteiger partial charge in [0.15, 0.2) is 5.78 Å². The maximum absolute atomic E-state index is 12.4. The Bertz CT molecular complexity index is 844. The minimum Gasteiger partial charge on any atom is -0.300 e. The maximum atomic E-state index is 12.4. The SMILES string of the molecule is [2H]C1=C([2H])[C@H]2C3CC[C@H](C(C)=O)[C@@]3(C)CC[C@H]2C2(C)CC([2H])([2H])C(=O)C([2H])=C12. The predicted molar refractivity (Wildman–Crippen MR) is 90.8 cm³/mol. The van der Waals surface area contributed by atoms with Crippen LogP contribution in [0.25, 0.3) is 0 Å². The molecule has 6 atom stereocenters. The quantitative estimate of drug-likeness (QED) is 0.713. The van der Waals surface area contributed by atoms with Crippen LogP contribution in [0.15, 0.2) is 23.7 Å². The Labute approximate surface area is 146 Å². The van der Waals surface area contributed by atoms with Gasteiger partial charge in [-0.1, -0.05) is 26.0 Å². The summed E-state index contributed by atoms with van der Waals surface area (Å²) in [5, 5.41) is 0. The Hall–Kier alpha value is -1.18. The number of rotatable bonds is 1. The minimum atomic E-state index is -2.11. The number of Topliss-reactive ketones (excluding diaryl/α,β-unsaturated/α-hetero) is 1. The molecule has 0 aromatic carbocycles. The third-order valence-corrected chi connectivity index (χ3v) is 7.37. The van der Waals surface area contributed by atoms with E-state index in [4.69, 9.17) is 6.85 Å². The van der Waals surface area contributed by atoms with Crippen LogP contribution in [-0.2, 0) is 9.59 Å². The second-order valence-corrected chi connectivity index (χ2v) is 8.39. The van der Waals surface area contributed by atoms with Crippen molar-refractivity contribution in [3.8, 4) is 0 Å². The molecule has 2 unspecified atom stereocenters. The Balaban J connectivity index is 1.89. The van der Waals surface area contributed by atoms with Crippen LogP contribution >= 0.6 is 0 Å². The summed E-state index contributed by atoms with van der Waals surface area (Å²) in [7, 11) is 0. The number of ketones is 2. The van der Waals surface area contributed by atoms with Crippen LogP contribution in [0.4, 0.5) is 0 Å². The van der Waals surface area contributed by atoms with Crippen LogP contribution in [0, 0.1) is 34.5 Å². The molecular weight excluding hydrogens is 284 g/mol. The molecule has 2 fully saturated rings. The van der Waals surface area contributed by atoms with Gasteiger partial charge in [0, 0.05) is 15.0 Å². The first kappa shape index (κ1) is 10.6. The van der Waals surface area contributed by atoms with E-state index in [1.807, 2.05) is 6.92 Å². The summed E-state index contributed by atoms with van der Waals surface area (Å²) in [6, 6.07) is -0.306. The zero-order valence-electron chi connectivity index (χ0n) is 19.2. The predicted octanol–water partition coefficient (Wildman–Crippen LogP) is 4.50. The van der Waals surface area contributed by atoms with E-state index in [-0.39, 0.29) is 59.0 Å². The topological polar surface area (TPSA) is 34.1 Å². The van der Waals surface area contributed by atoms with E-state index in [0.29, 0.717) is 0 Å². The second-order valence-electron chi connectivity index (χ2n) is 8.39. The first-order chi connectivity index (χ1) is 12.9. The molecule has 0 heterocycles. The van der Waals surface area contributed by atoms with Crippen LogP contribution < -0.4 is 0 Å². The molecule has 0 aromatic rings. The molecule has 0 aliphatic heterocycles. The maximum Gasteiger partial charge on any atom is 0.156 e. The average Bonchev–Trinajstić information content (AvgIpc) is 2.94. The molecule has 23 heavy (non-hydrogen) atoms. The molecule has 4 aliphatic carbocycles.